The molecule has 0 radical (unpaired) electrons. The Morgan fingerprint density at radius 1 is 1.18 bits per heavy atom. The molecule has 3 aromatic rings. The maximum atomic E-state index is 4.36. The maximum absolute atomic E-state index is 4.36. The smallest absolute Gasteiger partial charge is 0.224 e. The van der Waals surface area contributed by atoms with Crippen molar-refractivity contribution in [1.82, 2.24) is 19.7 Å². The van der Waals surface area contributed by atoms with E-state index in [0.717, 1.165) is 16.7 Å². The molecule has 5 heteroatoms. The van der Waals surface area contributed by atoms with Gasteiger partial charge in [-0.3, -0.25) is 0 Å². The Bertz CT molecular complexity index is 659. The van der Waals surface area contributed by atoms with E-state index in [4.69, 9.17) is 0 Å². The minimum atomic E-state index is 0.585. The van der Waals surface area contributed by atoms with Crippen LogP contribution in [0.5, 0.6) is 0 Å². The van der Waals surface area contributed by atoms with E-state index >= 15 is 0 Å². The molecular formula is C12H11N5. The number of anilines is 1. The van der Waals surface area contributed by atoms with Crippen molar-refractivity contribution in [3.63, 3.8) is 0 Å². The molecular weight excluding hydrogens is 214 g/mol. The summed E-state index contributed by atoms with van der Waals surface area (Å²) in [5.74, 6) is 1.34. The lowest BCUT2D eigenvalue weighted by molar-refractivity contribution is 0.867. The van der Waals surface area contributed by atoms with Gasteiger partial charge in [-0.1, -0.05) is 18.2 Å². The Kier molecular flexibility index (Phi) is 2.22. The molecule has 5 nitrogen and oxygen atoms in total. The molecule has 0 aliphatic carbocycles. The molecule has 84 valence electrons. The molecule has 0 amide bonds. The topological polar surface area (TPSA) is 55.6 Å². The van der Waals surface area contributed by atoms with Gasteiger partial charge in [0.25, 0.3) is 0 Å². The average molecular weight is 225 g/mol. The molecule has 0 bridgehead atoms. The Morgan fingerprint density at radius 3 is 2.94 bits per heavy atom. The maximum Gasteiger partial charge on any atom is 0.224 e. The second-order valence-electron chi connectivity index (χ2n) is 3.60. The lowest BCUT2D eigenvalue weighted by Crippen LogP contribution is -2.03. The van der Waals surface area contributed by atoms with E-state index in [0.29, 0.717) is 5.95 Å². The second kappa shape index (κ2) is 3.86. The van der Waals surface area contributed by atoms with Gasteiger partial charge in [0.15, 0.2) is 5.82 Å². The molecule has 0 fully saturated rings. The minimum Gasteiger partial charge on any atom is -0.357 e. The third-order valence-electron chi connectivity index (χ3n) is 2.56. The Hall–Kier alpha value is -2.43. The number of rotatable bonds is 2. The Labute approximate surface area is 98.1 Å². The normalized spacial score (nSPS) is 10.6. The molecule has 0 saturated heterocycles. The molecule has 0 aliphatic rings. The second-order valence-corrected chi connectivity index (χ2v) is 3.60. The quantitative estimate of drug-likeness (QED) is 0.723. The first-order valence-corrected chi connectivity index (χ1v) is 5.32. The monoisotopic (exact) mass is 225 g/mol. The molecule has 1 N–H and O–H groups in total. The van der Waals surface area contributed by atoms with Crippen molar-refractivity contribution in [1.29, 1.82) is 0 Å². The van der Waals surface area contributed by atoms with E-state index in [9.17, 15) is 0 Å². The Balaban J connectivity index is 2.20. The van der Waals surface area contributed by atoms with Gasteiger partial charge in [0.2, 0.25) is 5.95 Å². The van der Waals surface area contributed by atoms with Crippen molar-refractivity contribution in [2.45, 2.75) is 0 Å². The summed E-state index contributed by atoms with van der Waals surface area (Å²) in [4.78, 5) is 8.45. The number of hydrogen-bond donors (Lipinski definition) is 1. The van der Waals surface area contributed by atoms with Crippen LogP contribution >= 0.6 is 0 Å². The molecule has 0 unspecified atom stereocenters. The minimum absolute atomic E-state index is 0.585. The summed E-state index contributed by atoms with van der Waals surface area (Å²) in [6.07, 6.45) is 3.54. The van der Waals surface area contributed by atoms with Gasteiger partial charge >= 0.3 is 0 Å². The van der Waals surface area contributed by atoms with E-state index in [1.165, 1.54) is 0 Å². The van der Waals surface area contributed by atoms with Crippen LogP contribution in [0.25, 0.3) is 16.7 Å². The largest absolute Gasteiger partial charge is 0.357 e. The fraction of sp³-hybridized carbons (Fsp3) is 0.0833. The van der Waals surface area contributed by atoms with Gasteiger partial charge in [0.1, 0.15) is 0 Å². The van der Waals surface area contributed by atoms with Gasteiger partial charge in [0.05, 0.1) is 11.7 Å². The van der Waals surface area contributed by atoms with Crippen LogP contribution in [0.15, 0.2) is 42.7 Å². The fourth-order valence-corrected chi connectivity index (χ4v) is 1.74. The van der Waals surface area contributed by atoms with E-state index in [2.05, 4.69) is 20.4 Å². The first-order valence-electron chi connectivity index (χ1n) is 5.32. The zero-order valence-electron chi connectivity index (χ0n) is 9.33. The van der Waals surface area contributed by atoms with E-state index in [1.807, 2.05) is 36.5 Å². The highest BCUT2D eigenvalue weighted by Gasteiger charge is 2.05. The first-order chi connectivity index (χ1) is 8.38. The van der Waals surface area contributed by atoms with Crippen LogP contribution in [0.4, 0.5) is 5.95 Å². The van der Waals surface area contributed by atoms with Crippen molar-refractivity contribution in [2.75, 3.05) is 12.4 Å². The average Bonchev–Trinajstić information content (AvgIpc) is 2.82. The van der Waals surface area contributed by atoms with Crippen molar-refractivity contribution >= 4 is 16.9 Å². The Morgan fingerprint density at radius 2 is 2.06 bits per heavy atom. The lowest BCUT2D eigenvalue weighted by atomic mass is 10.2. The third-order valence-corrected chi connectivity index (χ3v) is 2.56. The number of fused-ring (bicyclic) bond motifs is 1. The third kappa shape index (κ3) is 1.61. The van der Waals surface area contributed by atoms with Crippen LogP contribution in [0.1, 0.15) is 0 Å². The van der Waals surface area contributed by atoms with Gasteiger partial charge in [0, 0.05) is 24.7 Å². The summed E-state index contributed by atoms with van der Waals surface area (Å²) in [5.41, 5.74) is 1.04. The molecule has 17 heavy (non-hydrogen) atoms. The zero-order chi connectivity index (χ0) is 11.7. The van der Waals surface area contributed by atoms with E-state index in [-0.39, 0.29) is 0 Å². The highest BCUT2D eigenvalue weighted by Crippen LogP contribution is 2.16. The number of nitrogens with zero attached hydrogens (tertiary/aromatic N) is 4. The van der Waals surface area contributed by atoms with Gasteiger partial charge < -0.3 is 5.32 Å². The van der Waals surface area contributed by atoms with Crippen molar-refractivity contribution in [3.8, 4) is 5.82 Å². The van der Waals surface area contributed by atoms with E-state index in [1.54, 1.807) is 17.9 Å². The number of hydrogen-bond acceptors (Lipinski definition) is 4. The van der Waals surface area contributed by atoms with Crippen molar-refractivity contribution < 1.29 is 0 Å². The summed E-state index contributed by atoms with van der Waals surface area (Å²) in [7, 11) is 1.79. The van der Waals surface area contributed by atoms with Gasteiger partial charge in [-0.15, -0.1) is 0 Å². The van der Waals surface area contributed by atoms with Crippen LogP contribution in [-0.2, 0) is 0 Å². The molecule has 2 heterocycles. The first kappa shape index (κ1) is 9.77. The summed E-state index contributed by atoms with van der Waals surface area (Å²) < 4.78 is 1.80. The fourth-order valence-electron chi connectivity index (χ4n) is 1.74. The zero-order valence-corrected chi connectivity index (χ0v) is 9.33. The van der Waals surface area contributed by atoms with Gasteiger partial charge in [-0.2, -0.15) is 10.1 Å². The summed E-state index contributed by atoms with van der Waals surface area (Å²) >= 11 is 0. The van der Waals surface area contributed by atoms with Crippen LogP contribution in [0.3, 0.4) is 0 Å². The predicted octanol–water partition coefficient (Wildman–Crippen LogP) is 1.86. The SMILES string of the molecule is CNc1nccc(-n2ncc3ccccc32)n1. The van der Waals surface area contributed by atoms with Crippen molar-refractivity contribution in [2.24, 2.45) is 0 Å². The molecule has 0 saturated carbocycles. The number of aromatic nitrogens is 4. The van der Waals surface area contributed by atoms with Crippen molar-refractivity contribution in [3.05, 3.63) is 42.7 Å². The highest BCUT2D eigenvalue weighted by atomic mass is 15.3. The number of para-hydroxylation sites is 1. The molecule has 2 aromatic heterocycles. The summed E-state index contributed by atoms with van der Waals surface area (Å²) in [6.45, 7) is 0. The molecule has 1 aromatic carbocycles. The predicted molar refractivity (Wildman–Crippen MR) is 66.2 cm³/mol. The summed E-state index contributed by atoms with van der Waals surface area (Å²) in [6, 6.07) is 9.86. The molecule has 0 spiro atoms. The van der Waals surface area contributed by atoms with Crippen LogP contribution in [0.2, 0.25) is 0 Å². The van der Waals surface area contributed by atoms with Gasteiger partial charge in [-0.25, -0.2) is 9.67 Å². The number of benzene rings is 1. The van der Waals surface area contributed by atoms with Crippen LogP contribution < -0.4 is 5.32 Å². The molecule has 3 rings (SSSR count). The summed E-state index contributed by atoms with van der Waals surface area (Å²) in [5, 5.41) is 8.35. The lowest BCUT2D eigenvalue weighted by Gasteiger charge is -2.03. The molecule has 0 atom stereocenters. The van der Waals surface area contributed by atoms with Crippen LogP contribution in [0, 0.1) is 0 Å². The highest BCUT2D eigenvalue weighted by molar-refractivity contribution is 5.79. The van der Waals surface area contributed by atoms with Crippen LogP contribution in [-0.4, -0.2) is 26.8 Å². The molecule has 0 aliphatic heterocycles. The van der Waals surface area contributed by atoms with E-state index < -0.39 is 0 Å². The standard InChI is InChI=1S/C12H11N5/c1-13-12-14-7-6-11(16-12)17-10-5-3-2-4-9(10)8-15-17/h2-8H,1H3,(H,13,14,16). The number of nitrogens with one attached hydrogen (secondary N) is 1. The van der Waals surface area contributed by atoms with Gasteiger partial charge in [-0.05, 0) is 6.07 Å².